The van der Waals surface area contributed by atoms with Gasteiger partial charge in [0.2, 0.25) is 0 Å². The summed E-state index contributed by atoms with van der Waals surface area (Å²) in [5.74, 6) is -1.11. The van der Waals surface area contributed by atoms with Gasteiger partial charge >= 0.3 is 0 Å². The van der Waals surface area contributed by atoms with Crippen molar-refractivity contribution in [2.45, 2.75) is 33.1 Å². The first-order valence-corrected chi connectivity index (χ1v) is 6.67. The van der Waals surface area contributed by atoms with Gasteiger partial charge in [-0.1, -0.05) is 0 Å². The van der Waals surface area contributed by atoms with Crippen molar-refractivity contribution in [1.29, 1.82) is 0 Å². The molecular formula is C10H15NO5S. The van der Waals surface area contributed by atoms with E-state index >= 15 is 0 Å². The average molecular weight is 261 g/mol. The van der Waals surface area contributed by atoms with Gasteiger partial charge < -0.3 is 5.11 Å². The predicted molar refractivity (Wildman–Crippen MR) is 62.8 cm³/mol. The van der Waals surface area contributed by atoms with Crippen LogP contribution in [0, 0.1) is 13.8 Å². The molecule has 0 amide bonds. The molecule has 0 saturated carbocycles. The molecule has 7 heteroatoms. The number of aromatic nitrogens is 1. The second-order valence-electron chi connectivity index (χ2n) is 3.83. The summed E-state index contributed by atoms with van der Waals surface area (Å²) in [7, 11) is -4.25. The molecule has 0 bridgehead atoms. The van der Waals surface area contributed by atoms with Gasteiger partial charge in [0.1, 0.15) is 5.75 Å². The average Bonchev–Trinajstić information content (AvgIpc) is 2.21. The van der Waals surface area contributed by atoms with Crippen molar-refractivity contribution < 1.29 is 18.1 Å². The maximum absolute atomic E-state index is 11.8. The molecule has 0 unspecified atom stereocenters. The number of hydrogen-bond acceptors (Lipinski definition) is 4. The van der Waals surface area contributed by atoms with Crippen LogP contribution in [0.4, 0.5) is 0 Å². The van der Waals surface area contributed by atoms with Crippen LogP contribution in [-0.4, -0.2) is 22.6 Å². The van der Waals surface area contributed by atoms with Crippen molar-refractivity contribution in [3.63, 3.8) is 0 Å². The predicted octanol–water partition coefficient (Wildman–Crippen LogP) is 0.578. The highest BCUT2D eigenvalue weighted by Gasteiger charge is 2.19. The molecule has 6 nitrogen and oxygen atoms in total. The Labute approximate surface area is 99.3 Å². The Morgan fingerprint density at radius 2 is 1.76 bits per heavy atom. The van der Waals surface area contributed by atoms with E-state index in [2.05, 4.69) is 0 Å². The first-order valence-electron chi connectivity index (χ1n) is 5.06. The zero-order chi connectivity index (χ0) is 13.4. The monoisotopic (exact) mass is 261 g/mol. The van der Waals surface area contributed by atoms with Crippen molar-refractivity contribution in [3.05, 3.63) is 27.0 Å². The quantitative estimate of drug-likeness (QED) is 0.776. The van der Waals surface area contributed by atoms with E-state index in [4.69, 9.17) is 4.55 Å². The van der Waals surface area contributed by atoms with Crippen LogP contribution in [0.1, 0.15) is 23.6 Å². The fourth-order valence-corrected chi connectivity index (χ4v) is 2.37. The molecule has 96 valence electrons. The zero-order valence-electron chi connectivity index (χ0n) is 9.89. The number of rotatable bonds is 3. The lowest BCUT2D eigenvalue weighted by Crippen LogP contribution is -2.24. The smallest absolute Gasteiger partial charge is 0.269 e. The van der Waals surface area contributed by atoms with Crippen LogP contribution >= 0.6 is 0 Å². The highest BCUT2D eigenvalue weighted by Crippen LogP contribution is 2.23. The van der Waals surface area contributed by atoms with Crippen LogP contribution < -0.4 is 5.56 Å². The number of nitrogens with zero attached hydrogens (tertiary/aromatic N) is 1. The summed E-state index contributed by atoms with van der Waals surface area (Å²) in [5.41, 5.74) is 0.450. The lowest BCUT2D eigenvalue weighted by molar-refractivity contribution is 0.402. The molecule has 0 atom stereocenters. The van der Waals surface area contributed by atoms with E-state index in [1.165, 1.54) is 6.92 Å². The Morgan fingerprint density at radius 3 is 2.18 bits per heavy atom. The molecule has 0 aromatic carbocycles. The molecule has 0 radical (unpaired) electrons. The lowest BCUT2D eigenvalue weighted by Gasteiger charge is -2.14. The Morgan fingerprint density at radius 1 is 1.24 bits per heavy atom. The van der Waals surface area contributed by atoms with Crippen LogP contribution in [-0.2, 0) is 22.4 Å². The third kappa shape index (κ3) is 2.67. The van der Waals surface area contributed by atoms with Crippen molar-refractivity contribution in [2.24, 2.45) is 0 Å². The summed E-state index contributed by atoms with van der Waals surface area (Å²) in [6.07, 6.45) is 0. The van der Waals surface area contributed by atoms with Crippen LogP contribution in [0.2, 0.25) is 0 Å². The lowest BCUT2D eigenvalue weighted by atomic mass is 10.1. The van der Waals surface area contributed by atoms with E-state index in [9.17, 15) is 18.3 Å². The van der Waals surface area contributed by atoms with Gasteiger partial charge in [0.15, 0.2) is 5.88 Å². The molecular weight excluding hydrogens is 246 g/mol. The van der Waals surface area contributed by atoms with Crippen molar-refractivity contribution in [2.75, 3.05) is 0 Å². The molecule has 0 saturated heterocycles. The van der Waals surface area contributed by atoms with E-state index in [0.717, 1.165) is 4.57 Å². The minimum atomic E-state index is -4.25. The third-order valence-electron chi connectivity index (χ3n) is 2.75. The molecule has 2 N–H and O–H groups in total. The molecule has 1 heterocycles. The van der Waals surface area contributed by atoms with E-state index in [1.807, 2.05) is 0 Å². The minimum Gasteiger partial charge on any atom is -0.494 e. The van der Waals surface area contributed by atoms with Crippen LogP contribution in [0.25, 0.3) is 0 Å². The Balaban J connectivity index is 3.62. The second kappa shape index (κ2) is 4.50. The number of pyridine rings is 1. The van der Waals surface area contributed by atoms with E-state index in [0.29, 0.717) is 11.1 Å². The summed E-state index contributed by atoms with van der Waals surface area (Å²) in [5, 5.41) is 9.83. The van der Waals surface area contributed by atoms with Crippen LogP contribution in [0.15, 0.2) is 4.79 Å². The summed E-state index contributed by atoms with van der Waals surface area (Å²) in [6, 6.07) is 0. The fraction of sp³-hybridized carbons (Fsp3) is 0.500. The van der Waals surface area contributed by atoms with Gasteiger partial charge in [-0.05, 0) is 26.3 Å². The van der Waals surface area contributed by atoms with E-state index in [1.54, 1.807) is 13.8 Å². The van der Waals surface area contributed by atoms with Crippen molar-refractivity contribution >= 4 is 10.1 Å². The van der Waals surface area contributed by atoms with Gasteiger partial charge in [-0.15, -0.1) is 0 Å². The SMILES string of the molecule is CCn1c(O)c(CS(=O)(=O)O)c(C)c(C)c1=O. The molecule has 17 heavy (non-hydrogen) atoms. The highest BCUT2D eigenvalue weighted by molar-refractivity contribution is 7.85. The first-order chi connectivity index (χ1) is 7.69. The third-order valence-corrected chi connectivity index (χ3v) is 3.40. The van der Waals surface area contributed by atoms with Gasteiger partial charge in [-0.3, -0.25) is 13.9 Å². The topological polar surface area (TPSA) is 96.6 Å². The van der Waals surface area contributed by atoms with Crippen LogP contribution in [0.3, 0.4) is 0 Å². The molecule has 0 aliphatic heterocycles. The fourth-order valence-electron chi connectivity index (χ4n) is 1.66. The summed E-state index contributed by atoms with van der Waals surface area (Å²) < 4.78 is 31.6. The molecule has 0 spiro atoms. The highest BCUT2D eigenvalue weighted by atomic mass is 32.2. The second-order valence-corrected chi connectivity index (χ2v) is 5.28. The van der Waals surface area contributed by atoms with Gasteiger partial charge in [-0.2, -0.15) is 8.42 Å². The summed E-state index contributed by atoms with van der Waals surface area (Å²) in [6.45, 7) is 4.98. The largest absolute Gasteiger partial charge is 0.494 e. The normalized spacial score (nSPS) is 11.8. The molecule has 0 aliphatic rings. The Bertz CT molecular complexity index is 600. The zero-order valence-corrected chi connectivity index (χ0v) is 10.7. The van der Waals surface area contributed by atoms with Crippen molar-refractivity contribution in [1.82, 2.24) is 4.57 Å². The van der Waals surface area contributed by atoms with Gasteiger partial charge in [-0.25, -0.2) is 0 Å². The standard InChI is InChI=1S/C10H15NO5S/c1-4-11-9(12)7(3)6(2)8(10(11)13)5-17(14,15)16/h13H,4-5H2,1-3H3,(H,14,15,16). The minimum absolute atomic E-state index is 0.0615. The summed E-state index contributed by atoms with van der Waals surface area (Å²) >= 11 is 0. The van der Waals surface area contributed by atoms with Crippen LogP contribution in [0.5, 0.6) is 5.88 Å². The van der Waals surface area contributed by atoms with Gasteiger partial charge in [0.05, 0.1) is 0 Å². The van der Waals surface area contributed by atoms with Gasteiger partial charge in [0.25, 0.3) is 15.7 Å². The van der Waals surface area contributed by atoms with E-state index < -0.39 is 21.8 Å². The Hall–Kier alpha value is -1.34. The van der Waals surface area contributed by atoms with E-state index in [-0.39, 0.29) is 17.7 Å². The van der Waals surface area contributed by atoms with Crippen molar-refractivity contribution in [3.8, 4) is 5.88 Å². The molecule has 1 rings (SSSR count). The summed E-state index contributed by atoms with van der Waals surface area (Å²) in [4.78, 5) is 11.8. The maximum atomic E-state index is 11.8. The molecule has 1 aromatic rings. The molecule has 1 aromatic heterocycles. The molecule has 0 aliphatic carbocycles. The maximum Gasteiger partial charge on any atom is 0.269 e. The number of hydrogen-bond donors (Lipinski definition) is 2. The number of aromatic hydroxyl groups is 1. The Kier molecular flexibility index (Phi) is 3.63. The molecule has 0 fully saturated rings. The first kappa shape index (κ1) is 13.7. The van der Waals surface area contributed by atoms with Gasteiger partial charge in [0, 0.05) is 17.7 Å².